The Hall–Kier alpha value is -2.18. The average Bonchev–Trinajstić information content (AvgIpc) is 3.00. The molecule has 0 saturated carbocycles. The number of imidazole rings is 1. The number of hydrogen-bond donors (Lipinski definition) is 3. The molecule has 3 N–H and O–H groups in total. The van der Waals surface area contributed by atoms with Crippen LogP contribution in [0.3, 0.4) is 0 Å². The number of rotatable bonds is 6. The fourth-order valence-electron chi connectivity index (χ4n) is 3.60. The zero-order valence-electron chi connectivity index (χ0n) is 15.6. The molecule has 1 unspecified atom stereocenters. The number of aliphatic hydroxyl groups is 1. The zero-order chi connectivity index (χ0) is 18.5. The molecule has 3 rings (SSSR count). The van der Waals surface area contributed by atoms with Crippen LogP contribution in [0.5, 0.6) is 0 Å². The molecule has 0 aliphatic carbocycles. The van der Waals surface area contributed by atoms with Crippen molar-refractivity contribution in [1.82, 2.24) is 20.2 Å². The second-order valence-corrected chi connectivity index (χ2v) is 7.12. The predicted molar refractivity (Wildman–Crippen MR) is 102 cm³/mol. The third-order valence-electron chi connectivity index (χ3n) is 5.00. The molecule has 1 atom stereocenters. The van der Waals surface area contributed by atoms with Crippen LogP contribution in [0.1, 0.15) is 34.7 Å². The summed E-state index contributed by atoms with van der Waals surface area (Å²) in [7, 11) is 0. The molecule has 0 bridgehead atoms. The third kappa shape index (κ3) is 4.51. The predicted octanol–water partition coefficient (Wildman–Crippen LogP) is 2.13. The largest absolute Gasteiger partial charge is 0.396 e. The number of amides is 1. The summed E-state index contributed by atoms with van der Waals surface area (Å²) >= 11 is 0. The molecule has 0 spiro atoms. The van der Waals surface area contributed by atoms with Crippen molar-refractivity contribution in [3.8, 4) is 11.3 Å². The first kappa shape index (κ1) is 18.6. The number of piperidine rings is 1. The van der Waals surface area contributed by atoms with Gasteiger partial charge in [-0.3, -0.25) is 4.79 Å². The number of hydrogen-bond acceptors (Lipinski definition) is 4. The molecule has 6 nitrogen and oxygen atoms in total. The second-order valence-electron chi connectivity index (χ2n) is 7.12. The van der Waals surface area contributed by atoms with E-state index in [9.17, 15) is 9.90 Å². The second kappa shape index (κ2) is 8.47. The van der Waals surface area contributed by atoms with Gasteiger partial charge in [0.05, 0.1) is 5.69 Å². The van der Waals surface area contributed by atoms with Gasteiger partial charge in [-0.15, -0.1) is 0 Å². The number of nitrogens with one attached hydrogen (secondary N) is 2. The maximum atomic E-state index is 12.3. The van der Waals surface area contributed by atoms with Crippen molar-refractivity contribution in [2.24, 2.45) is 5.92 Å². The molecule has 2 heterocycles. The molecule has 26 heavy (non-hydrogen) atoms. The van der Waals surface area contributed by atoms with Crippen LogP contribution in [-0.4, -0.2) is 58.7 Å². The van der Waals surface area contributed by atoms with Crippen molar-refractivity contribution < 1.29 is 9.90 Å². The van der Waals surface area contributed by atoms with E-state index in [2.05, 4.69) is 20.2 Å². The SMILES string of the molecule is Cc1nc(-c2ccc(C(=O)NCCN3CCCC(CO)C3)cc2)c(C)[nH]1. The van der Waals surface area contributed by atoms with Crippen LogP contribution in [0.25, 0.3) is 11.3 Å². The topological polar surface area (TPSA) is 81.2 Å². The van der Waals surface area contributed by atoms with Gasteiger partial charge in [0.2, 0.25) is 0 Å². The van der Waals surface area contributed by atoms with E-state index in [1.165, 1.54) is 0 Å². The monoisotopic (exact) mass is 356 g/mol. The highest BCUT2D eigenvalue weighted by molar-refractivity contribution is 5.94. The lowest BCUT2D eigenvalue weighted by atomic mass is 9.99. The molecule has 1 fully saturated rings. The van der Waals surface area contributed by atoms with Crippen LogP contribution in [0, 0.1) is 19.8 Å². The lowest BCUT2D eigenvalue weighted by Gasteiger charge is -2.31. The summed E-state index contributed by atoms with van der Waals surface area (Å²) < 4.78 is 0. The van der Waals surface area contributed by atoms with E-state index < -0.39 is 0 Å². The molecule has 140 valence electrons. The molecule has 1 aliphatic rings. The Bertz CT molecular complexity index is 739. The number of likely N-dealkylation sites (tertiary alicyclic amines) is 1. The summed E-state index contributed by atoms with van der Waals surface area (Å²) in [5.41, 5.74) is 3.62. The Morgan fingerprint density at radius 3 is 2.77 bits per heavy atom. The van der Waals surface area contributed by atoms with E-state index in [-0.39, 0.29) is 12.5 Å². The Kier molecular flexibility index (Phi) is 6.06. The summed E-state index contributed by atoms with van der Waals surface area (Å²) in [6.07, 6.45) is 2.22. The van der Waals surface area contributed by atoms with Gasteiger partial charge in [0.15, 0.2) is 0 Å². The van der Waals surface area contributed by atoms with E-state index in [1.807, 2.05) is 38.1 Å². The van der Waals surface area contributed by atoms with Crippen molar-refractivity contribution in [3.05, 3.63) is 41.3 Å². The molecule has 1 saturated heterocycles. The van der Waals surface area contributed by atoms with Gasteiger partial charge < -0.3 is 20.3 Å². The number of aromatic nitrogens is 2. The summed E-state index contributed by atoms with van der Waals surface area (Å²) in [6.45, 7) is 7.60. The molecule has 2 aromatic rings. The van der Waals surface area contributed by atoms with E-state index in [0.29, 0.717) is 18.0 Å². The minimum absolute atomic E-state index is 0.0535. The average molecular weight is 356 g/mol. The molecular weight excluding hydrogens is 328 g/mol. The normalized spacial score (nSPS) is 18.0. The zero-order valence-corrected chi connectivity index (χ0v) is 15.6. The van der Waals surface area contributed by atoms with Crippen LogP contribution in [0.4, 0.5) is 0 Å². The van der Waals surface area contributed by atoms with Gasteiger partial charge in [-0.05, 0) is 51.3 Å². The van der Waals surface area contributed by atoms with Crippen molar-refractivity contribution in [3.63, 3.8) is 0 Å². The summed E-state index contributed by atoms with van der Waals surface area (Å²) in [5, 5.41) is 12.3. The standard InChI is InChI=1S/C20H28N4O2/c1-14-19(23-15(2)22-14)17-5-7-18(8-6-17)20(26)21-9-11-24-10-3-4-16(12-24)13-25/h5-8,16,25H,3-4,9-13H2,1-2H3,(H,21,26)(H,22,23). The van der Waals surface area contributed by atoms with Gasteiger partial charge in [0, 0.05) is 43.1 Å². The van der Waals surface area contributed by atoms with Crippen LogP contribution < -0.4 is 5.32 Å². The lowest BCUT2D eigenvalue weighted by molar-refractivity contribution is 0.0930. The van der Waals surface area contributed by atoms with E-state index in [1.54, 1.807) is 0 Å². The molecule has 6 heteroatoms. The Morgan fingerprint density at radius 2 is 2.12 bits per heavy atom. The number of aliphatic hydroxyl groups excluding tert-OH is 1. The van der Waals surface area contributed by atoms with E-state index in [4.69, 9.17) is 0 Å². The van der Waals surface area contributed by atoms with Gasteiger partial charge in [-0.25, -0.2) is 4.98 Å². The van der Waals surface area contributed by atoms with Gasteiger partial charge in [0.1, 0.15) is 5.82 Å². The summed E-state index contributed by atoms with van der Waals surface area (Å²) in [5.74, 6) is 1.21. The van der Waals surface area contributed by atoms with Crippen molar-refractivity contribution in [2.45, 2.75) is 26.7 Å². The number of aromatic amines is 1. The highest BCUT2D eigenvalue weighted by Gasteiger charge is 2.18. The van der Waals surface area contributed by atoms with Crippen molar-refractivity contribution in [1.29, 1.82) is 0 Å². The van der Waals surface area contributed by atoms with Gasteiger partial charge in [-0.1, -0.05) is 12.1 Å². The number of benzene rings is 1. The van der Waals surface area contributed by atoms with Crippen molar-refractivity contribution in [2.75, 3.05) is 32.8 Å². The minimum Gasteiger partial charge on any atom is -0.396 e. The lowest BCUT2D eigenvalue weighted by Crippen LogP contribution is -2.41. The van der Waals surface area contributed by atoms with Gasteiger partial charge in [0.25, 0.3) is 5.91 Å². The highest BCUT2D eigenvalue weighted by Crippen LogP contribution is 2.21. The maximum absolute atomic E-state index is 12.3. The first-order valence-electron chi connectivity index (χ1n) is 9.32. The van der Waals surface area contributed by atoms with E-state index in [0.717, 1.165) is 55.3 Å². The highest BCUT2D eigenvalue weighted by atomic mass is 16.3. The Balaban J connectivity index is 1.51. The number of carbonyl (C=O) groups is 1. The number of nitrogens with zero attached hydrogens (tertiary/aromatic N) is 2. The van der Waals surface area contributed by atoms with E-state index >= 15 is 0 Å². The molecule has 1 amide bonds. The Morgan fingerprint density at radius 1 is 1.35 bits per heavy atom. The van der Waals surface area contributed by atoms with Crippen LogP contribution >= 0.6 is 0 Å². The number of carbonyl (C=O) groups excluding carboxylic acids is 1. The minimum atomic E-state index is -0.0535. The third-order valence-corrected chi connectivity index (χ3v) is 5.00. The maximum Gasteiger partial charge on any atom is 0.251 e. The van der Waals surface area contributed by atoms with Crippen LogP contribution in [0.2, 0.25) is 0 Å². The fourth-order valence-corrected chi connectivity index (χ4v) is 3.60. The van der Waals surface area contributed by atoms with Crippen molar-refractivity contribution >= 4 is 5.91 Å². The quantitative estimate of drug-likeness (QED) is 0.741. The smallest absolute Gasteiger partial charge is 0.251 e. The molecule has 1 aliphatic heterocycles. The fraction of sp³-hybridized carbons (Fsp3) is 0.500. The first-order chi connectivity index (χ1) is 12.6. The molecule has 1 aromatic heterocycles. The molecular formula is C20H28N4O2. The first-order valence-corrected chi connectivity index (χ1v) is 9.32. The van der Waals surface area contributed by atoms with Gasteiger partial charge >= 0.3 is 0 Å². The molecule has 1 aromatic carbocycles. The Labute approximate surface area is 154 Å². The number of H-pyrrole nitrogens is 1. The summed E-state index contributed by atoms with van der Waals surface area (Å²) in [6, 6.07) is 7.57. The number of aryl methyl sites for hydroxylation is 2. The van der Waals surface area contributed by atoms with Crippen LogP contribution in [0.15, 0.2) is 24.3 Å². The van der Waals surface area contributed by atoms with Gasteiger partial charge in [-0.2, -0.15) is 0 Å². The summed E-state index contributed by atoms with van der Waals surface area (Å²) in [4.78, 5) is 22.3. The molecule has 0 radical (unpaired) electrons. The van der Waals surface area contributed by atoms with Crippen LogP contribution in [-0.2, 0) is 0 Å².